The molecule has 0 amide bonds. The van der Waals surface area contributed by atoms with E-state index in [9.17, 15) is 0 Å². The van der Waals surface area contributed by atoms with Gasteiger partial charge in [0.05, 0.1) is 31.0 Å². The number of aromatic nitrogens is 3. The summed E-state index contributed by atoms with van der Waals surface area (Å²) in [7, 11) is 0. The van der Waals surface area contributed by atoms with Crippen molar-refractivity contribution in [1.29, 1.82) is 0 Å². The van der Waals surface area contributed by atoms with Gasteiger partial charge in [0.1, 0.15) is 0 Å². The average molecular weight is 491 g/mol. The van der Waals surface area contributed by atoms with Gasteiger partial charge >= 0.3 is 0 Å². The van der Waals surface area contributed by atoms with Gasteiger partial charge in [-0.15, -0.1) is 0 Å². The maximum atomic E-state index is 5.87. The summed E-state index contributed by atoms with van der Waals surface area (Å²) >= 11 is 5.87. The van der Waals surface area contributed by atoms with E-state index in [4.69, 9.17) is 21.9 Å². The van der Waals surface area contributed by atoms with E-state index in [1.54, 1.807) is 0 Å². The Labute approximate surface area is 213 Å². The number of pyridine rings is 2. The third kappa shape index (κ3) is 5.24. The van der Waals surface area contributed by atoms with Gasteiger partial charge in [0.2, 0.25) is 0 Å². The fourth-order valence-corrected chi connectivity index (χ4v) is 5.65. The summed E-state index contributed by atoms with van der Waals surface area (Å²) in [5, 5.41) is 4.35. The van der Waals surface area contributed by atoms with Gasteiger partial charge in [-0.1, -0.05) is 6.07 Å². The SMILES string of the molecule is Cc1cc([C@H]2[C@@H](c3ccccn3)NC(=S)N2Cc2ccncc2)c(C)n1CCCN1CCOCC1. The first-order valence-corrected chi connectivity index (χ1v) is 12.9. The third-order valence-electron chi connectivity index (χ3n) is 7.19. The zero-order valence-electron chi connectivity index (χ0n) is 20.6. The number of morpholine rings is 1. The van der Waals surface area contributed by atoms with Crippen LogP contribution in [0.2, 0.25) is 0 Å². The van der Waals surface area contributed by atoms with Crippen LogP contribution < -0.4 is 5.32 Å². The topological polar surface area (TPSA) is 58.5 Å². The molecule has 35 heavy (non-hydrogen) atoms. The van der Waals surface area contributed by atoms with Crippen LogP contribution in [0.1, 0.15) is 46.7 Å². The highest BCUT2D eigenvalue weighted by Crippen LogP contribution is 2.41. The second-order valence-corrected chi connectivity index (χ2v) is 9.78. The Morgan fingerprint density at radius 2 is 1.86 bits per heavy atom. The first-order valence-electron chi connectivity index (χ1n) is 12.5. The monoisotopic (exact) mass is 490 g/mol. The lowest BCUT2D eigenvalue weighted by Crippen LogP contribution is -2.37. The van der Waals surface area contributed by atoms with Gasteiger partial charge in [0, 0.05) is 62.7 Å². The second-order valence-electron chi connectivity index (χ2n) is 9.40. The summed E-state index contributed by atoms with van der Waals surface area (Å²) in [6.45, 7) is 11.1. The van der Waals surface area contributed by atoms with E-state index in [0.717, 1.165) is 63.2 Å². The number of nitrogens with zero attached hydrogens (tertiary/aromatic N) is 5. The molecule has 2 aliphatic rings. The van der Waals surface area contributed by atoms with Crippen LogP contribution >= 0.6 is 12.2 Å². The van der Waals surface area contributed by atoms with Crippen LogP contribution in [-0.4, -0.2) is 62.3 Å². The standard InChI is InChI=1S/C27H34N6OS/c1-20-18-23(21(2)32(20)13-5-12-31-14-16-34-17-15-31)26-25(24-6-3-4-9-29-24)30-27(35)33(26)19-22-7-10-28-11-8-22/h3-4,6-11,18,25-26H,5,12-17,19H2,1-2H3,(H,30,35)/t25-,26+/m1/s1. The molecule has 3 aromatic rings. The predicted octanol–water partition coefficient (Wildman–Crippen LogP) is 3.79. The number of hydrogen-bond donors (Lipinski definition) is 1. The van der Waals surface area contributed by atoms with Gasteiger partial charge in [-0.3, -0.25) is 14.9 Å². The molecule has 2 atom stereocenters. The summed E-state index contributed by atoms with van der Waals surface area (Å²) < 4.78 is 7.96. The van der Waals surface area contributed by atoms with E-state index in [1.807, 2.05) is 30.7 Å². The number of nitrogens with one attached hydrogen (secondary N) is 1. The molecule has 8 heteroatoms. The summed E-state index contributed by atoms with van der Waals surface area (Å²) in [5.41, 5.74) is 6.11. The molecular weight excluding hydrogens is 456 g/mol. The summed E-state index contributed by atoms with van der Waals surface area (Å²) in [5.74, 6) is 0. The van der Waals surface area contributed by atoms with Crippen molar-refractivity contribution in [2.45, 2.75) is 45.4 Å². The van der Waals surface area contributed by atoms with E-state index in [1.165, 1.54) is 22.5 Å². The molecular formula is C27H34N6OS. The lowest BCUT2D eigenvalue weighted by atomic mass is 9.96. The highest BCUT2D eigenvalue weighted by Gasteiger charge is 2.41. The Kier molecular flexibility index (Phi) is 7.41. The third-order valence-corrected chi connectivity index (χ3v) is 7.54. The van der Waals surface area contributed by atoms with Crippen molar-refractivity contribution in [2.75, 3.05) is 32.8 Å². The molecule has 0 aliphatic carbocycles. The van der Waals surface area contributed by atoms with Gasteiger partial charge in [-0.2, -0.15) is 0 Å². The van der Waals surface area contributed by atoms with E-state index in [2.05, 4.69) is 62.8 Å². The molecule has 3 aromatic heterocycles. The largest absolute Gasteiger partial charge is 0.379 e. The van der Waals surface area contributed by atoms with Gasteiger partial charge in [-0.25, -0.2) is 0 Å². The Morgan fingerprint density at radius 1 is 1.06 bits per heavy atom. The van der Waals surface area contributed by atoms with Crippen molar-refractivity contribution in [2.24, 2.45) is 0 Å². The van der Waals surface area contributed by atoms with Gasteiger partial charge in [-0.05, 0) is 73.9 Å². The molecule has 184 valence electrons. The normalized spacial score (nSPS) is 20.9. The fraction of sp³-hybridized carbons (Fsp3) is 0.444. The Bertz CT molecular complexity index is 1130. The number of hydrogen-bond acceptors (Lipinski definition) is 5. The molecule has 2 aliphatic heterocycles. The lowest BCUT2D eigenvalue weighted by molar-refractivity contribution is 0.0369. The van der Waals surface area contributed by atoms with Crippen LogP contribution in [0.15, 0.2) is 55.0 Å². The highest BCUT2D eigenvalue weighted by atomic mass is 32.1. The number of thiocarbonyl (C=S) groups is 1. The van der Waals surface area contributed by atoms with Crippen LogP contribution in [0.3, 0.4) is 0 Å². The van der Waals surface area contributed by atoms with E-state index in [-0.39, 0.29) is 12.1 Å². The second kappa shape index (κ2) is 10.8. The molecule has 0 spiro atoms. The zero-order chi connectivity index (χ0) is 24.2. The molecule has 2 saturated heterocycles. The summed E-state index contributed by atoms with van der Waals surface area (Å²) in [6, 6.07) is 12.6. The maximum Gasteiger partial charge on any atom is 0.170 e. The number of ether oxygens (including phenoxy) is 1. The first-order chi connectivity index (χ1) is 17.1. The molecule has 1 N–H and O–H groups in total. The summed E-state index contributed by atoms with van der Waals surface area (Å²) in [6.07, 6.45) is 6.67. The molecule has 5 heterocycles. The van der Waals surface area contributed by atoms with Gasteiger partial charge in [0.25, 0.3) is 0 Å². The van der Waals surface area contributed by atoms with E-state index >= 15 is 0 Å². The average Bonchev–Trinajstić information content (AvgIpc) is 3.36. The maximum absolute atomic E-state index is 5.87. The molecule has 7 nitrogen and oxygen atoms in total. The van der Waals surface area contributed by atoms with Gasteiger partial charge < -0.3 is 19.5 Å². The smallest absolute Gasteiger partial charge is 0.170 e. The van der Waals surface area contributed by atoms with Crippen molar-refractivity contribution >= 4 is 17.3 Å². The predicted molar refractivity (Wildman–Crippen MR) is 141 cm³/mol. The molecule has 0 radical (unpaired) electrons. The highest BCUT2D eigenvalue weighted by molar-refractivity contribution is 7.80. The van der Waals surface area contributed by atoms with Crippen molar-refractivity contribution < 1.29 is 4.74 Å². The van der Waals surface area contributed by atoms with Crippen molar-refractivity contribution in [1.82, 2.24) is 29.7 Å². The molecule has 0 aromatic carbocycles. The molecule has 0 bridgehead atoms. The van der Waals surface area contributed by atoms with Gasteiger partial charge in [0.15, 0.2) is 5.11 Å². The fourth-order valence-electron chi connectivity index (χ4n) is 5.35. The van der Waals surface area contributed by atoms with Crippen molar-refractivity contribution in [3.63, 3.8) is 0 Å². The Morgan fingerprint density at radius 3 is 2.60 bits per heavy atom. The molecule has 0 saturated carbocycles. The zero-order valence-corrected chi connectivity index (χ0v) is 21.4. The minimum atomic E-state index is -0.00663. The minimum absolute atomic E-state index is 0.00663. The minimum Gasteiger partial charge on any atom is -0.379 e. The first kappa shape index (κ1) is 23.9. The van der Waals surface area contributed by atoms with Crippen molar-refractivity contribution in [3.8, 4) is 0 Å². The van der Waals surface area contributed by atoms with Crippen LogP contribution in [0.5, 0.6) is 0 Å². The van der Waals surface area contributed by atoms with Crippen LogP contribution in [0, 0.1) is 13.8 Å². The van der Waals surface area contributed by atoms with Crippen LogP contribution in [0.25, 0.3) is 0 Å². The molecule has 0 unspecified atom stereocenters. The molecule has 5 rings (SSSR count). The Balaban J connectivity index is 1.42. The number of aryl methyl sites for hydroxylation is 1. The lowest BCUT2D eigenvalue weighted by Gasteiger charge is -2.28. The van der Waals surface area contributed by atoms with Crippen LogP contribution in [0.4, 0.5) is 0 Å². The van der Waals surface area contributed by atoms with E-state index in [0.29, 0.717) is 0 Å². The quantitative estimate of drug-likeness (QED) is 0.482. The number of rotatable bonds is 8. The van der Waals surface area contributed by atoms with Crippen molar-refractivity contribution in [3.05, 3.63) is 83.2 Å². The summed E-state index contributed by atoms with van der Waals surface area (Å²) in [4.78, 5) is 13.7. The van der Waals surface area contributed by atoms with E-state index < -0.39 is 0 Å². The molecule has 2 fully saturated rings. The van der Waals surface area contributed by atoms with Crippen LogP contribution in [-0.2, 0) is 17.8 Å². The Hall–Kier alpha value is -2.81.